The van der Waals surface area contributed by atoms with Crippen LogP contribution >= 0.6 is 15.9 Å². The molecule has 12 nitrogen and oxygen atoms in total. The molecule has 7 aliphatic rings. The molecule has 0 radical (unpaired) electrons. The van der Waals surface area contributed by atoms with Gasteiger partial charge in [0.05, 0.1) is 15.7 Å². The first-order valence-electron chi connectivity index (χ1n) is 32.9. The Morgan fingerprint density at radius 2 is 0.955 bits per heavy atom. The average Bonchev–Trinajstić information content (AvgIpc) is 2.14. The maximum Gasteiger partial charge on any atom is 0.494 e. The number of H-pyrrole nitrogens is 2. The van der Waals surface area contributed by atoms with Crippen LogP contribution in [0.5, 0.6) is 11.5 Å². The largest absolute Gasteiger partial charge is 0.494 e. The maximum absolute atomic E-state index is 13.5. The molecule has 2 saturated carbocycles. The summed E-state index contributed by atoms with van der Waals surface area (Å²) in [6, 6.07) is 29.5. The van der Waals surface area contributed by atoms with Crippen LogP contribution in [-0.2, 0) is 48.1 Å². The van der Waals surface area contributed by atoms with Gasteiger partial charge in [-0.2, -0.15) is 0 Å². The SMILES string of the molecule is CC1(C)OB(c2ccc(CN3CCCCC3)cc2)OC1(C)C.Cc1cc(C)c(CCC(=O)c2cc(Br)c3c(c2)CC2(CCCC2)O3)c(=O)[nH]1.Cc1cc(C)c(CCC(=O)c2cc3c(c(-c4ccc(CN5CCCCC5)cc4)c2)OC2(CCCC2)C3)c(=O)[nH]1. The second-order valence-electron chi connectivity index (χ2n) is 27.7. The zero-order chi connectivity index (χ0) is 62.0. The van der Waals surface area contributed by atoms with Crippen molar-refractivity contribution in [1.82, 2.24) is 19.8 Å². The Balaban J connectivity index is 0.000000143. The van der Waals surface area contributed by atoms with E-state index in [1.54, 1.807) is 0 Å². The first-order chi connectivity index (χ1) is 42.1. The summed E-state index contributed by atoms with van der Waals surface area (Å²) in [6.07, 6.45) is 20.4. The molecular weight excluding hydrogens is 1160 g/mol. The fourth-order valence-electron chi connectivity index (χ4n) is 14.6. The lowest BCUT2D eigenvalue weighted by Crippen LogP contribution is -2.41. The molecule has 5 aliphatic heterocycles. The van der Waals surface area contributed by atoms with Crippen LogP contribution in [0.15, 0.2) is 99.0 Å². The molecule has 2 aliphatic carbocycles. The van der Waals surface area contributed by atoms with E-state index in [2.05, 4.69) is 118 Å². The lowest BCUT2D eigenvalue weighted by Gasteiger charge is -2.32. The van der Waals surface area contributed by atoms with Crippen LogP contribution in [-0.4, -0.2) is 87.0 Å². The number of rotatable bonds is 14. The van der Waals surface area contributed by atoms with E-state index in [1.807, 2.05) is 58.0 Å². The van der Waals surface area contributed by atoms with Crippen molar-refractivity contribution in [2.24, 2.45) is 0 Å². The van der Waals surface area contributed by atoms with E-state index in [0.717, 1.165) is 123 Å². The fourth-order valence-corrected chi connectivity index (χ4v) is 15.2. The number of ketones is 2. The lowest BCUT2D eigenvalue weighted by molar-refractivity contribution is 0.00578. The number of hydrogen-bond acceptors (Lipinski definition) is 10. The van der Waals surface area contributed by atoms with Crippen molar-refractivity contribution in [1.29, 1.82) is 0 Å². The van der Waals surface area contributed by atoms with Crippen LogP contribution in [0.25, 0.3) is 11.1 Å². The Labute approximate surface area is 530 Å². The van der Waals surface area contributed by atoms with E-state index < -0.39 is 0 Å². The maximum atomic E-state index is 13.5. The van der Waals surface area contributed by atoms with Crippen molar-refractivity contribution in [3.05, 3.63) is 177 Å². The molecule has 2 aromatic heterocycles. The molecule has 7 heterocycles. The second-order valence-corrected chi connectivity index (χ2v) is 28.6. The standard InChI is InChI=1S/C34H40N2O3.C22H24BrNO3.C18H28BNO2/c1-23-18-24(2)35-33(38)29(23)12-13-31(37)27-19-28-21-34(14-4-5-15-34)39-32(28)30(20-27)26-10-8-25(9-11-26)22-36-16-6-3-7-17-36;1-13-9-14(2)24-21(26)17(13)5-6-19(25)15-10-16-12-22(7-3-4-8-22)27-20(16)18(23)11-15;1-17(2)18(3,4)22-19(21-17)16-10-8-15(9-11-16)14-20-12-6-5-7-13-20/h8-11,18-20H,3-7,12-17,21-22H2,1-2H3,(H,35,38);9-11H,3-8,12H2,1-2H3,(H,24,26);8-11H,5-7,12-14H2,1-4H3. The zero-order valence-electron chi connectivity index (χ0n) is 53.6. The molecule has 2 N–H and O–H groups in total. The Morgan fingerprint density at radius 1 is 0.534 bits per heavy atom. The van der Waals surface area contributed by atoms with Crippen LogP contribution in [0.1, 0.15) is 207 Å². The molecular formula is C74H92BBrN4O8. The lowest BCUT2D eigenvalue weighted by atomic mass is 9.79. The summed E-state index contributed by atoms with van der Waals surface area (Å²) in [7, 11) is -0.256. The highest BCUT2D eigenvalue weighted by Crippen LogP contribution is 2.50. The Kier molecular flexibility index (Phi) is 19.5. The van der Waals surface area contributed by atoms with E-state index in [0.29, 0.717) is 42.4 Å². The Bertz CT molecular complexity index is 3600. The molecule has 6 aromatic rings. The first kappa shape index (κ1) is 63.7. The number of ether oxygens (including phenoxy) is 2. The average molecular weight is 1260 g/mol. The number of fused-ring (bicyclic) bond motifs is 2. The van der Waals surface area contributed by atoms with Gasteiger partial charge in [-0.1, -0.05) is 61.4 Å². The van der Waals surface area contributed by atoms with Crippen LogP contribution in [0.3, 0.4) is 0 Å². The number of aryl methyl sites for hydroxylation is 4. The molecule has 0 atom stereocenters. The number of benzene rings is 4. The number of aromatic nitrogens is 2. The number of carbonyl (C=O) groups excluding carboxylic acids is 2. The van der Waals surface area contributed by atoms with Crippen molar-refractivity contribution in [3.8, 4) is 22.6 Å². The van der Waals surface area contributed by atoms with Gasteiger partial charge in [-0.3, -0.25) is 29.0 Å². The minimum absolute atomic E-state index is 0.0567. The van der Waals surface area contributed by atoms with Gasteiger partial charge in [0.2, 0.25) is 0 Å². The summed E-state index contributed by atoms with van der Waals surface area (Å²) < 4.78 is 26.1. The van der Waals surface area contributed by atoms with Gasteiger partial charge in [0.1, 0.15) is 22.7 Å². The minimum Gasteiger partial charge on any atom is -0.486 e. The monoisotopic (exact) mass is 1250 g/mol. The van der Waals surface area contributed by atoms with Crippen LogP contribution in [0.2, 0.25) is 0 Å². The number of nitrogens with zero attached hydrogens (tertiary/aromatic N) is 2. The fraction of sp³-hybridized carbons (Fsp3) is 0.514. The van der Waals surface area contributed by atoms with Gasteiger partial charge in [0, 0.05) is 83.5 Å². The van der Waals surface area contributed by atoms with Gasteiger partial charge in [-0.15, -0.1) is 0 Å². The molecule has 0 bridgehead atoms. The summed E-state index contributed by atoms with van der Waals surface area (Å²) in [5, 5.41) is 0. The van der Waals surface area contributed by atoms with Gasteiger partial charge in [0.15, 0.2) is 11.6 Å². The molecule has 3 saturated heterocycles. The van der Waals surface area contributed by atoms with Gasteiger partial charge in [-0.05, 0) is 263 Å². The summed E-state index contributed by atoms with van der Waals surface area (Å²) >= 11 is 3.59. The van der Waals surface area contributed by atoms with E-state index in [4.69, 9.17) is 18.8 Å². The van der Waals surface area contributed by atoms with Crippen LogP contribution in [0, 0.1) is 27.7 Å². The highest BCUT2D eigenvalue weighted by molar-refractivity contribution is 9.10. The third-order valence-electron chi connectivity index (χ3n) is 20.3. The summed E-state index contributed by atoms with van der Waals surface area (Å²) in [4.78, 5) is 61.8. The molecule has 5 fully saturated rings. The quantitative estimate of drug-likeness (QED) is 0.0799. The second kappa shape index (κ2) is 26.9. The molecule has 88 heavy (non-hydrogen) atoms. The number of nitrogens with one attached hydrogen (secondary N) is 2. The Hall–Kier alpha value is -5.90. The van der Waals surface area contributed by atoms with Crippen molar-refractivity contribution in [3.63, 3.8) is 0 Å². The van der Waals surface area contributed by atoms with Crippen molar-refractivity contribution >= 4 is 40.1 Å². The van der Waals surface area contributed by atoms with Gasteiger partial charge < -0.3 is 28.8 Å². The summed E-state index contributed by atoms with van der Waals surface area (Å²) in [6.45, 7) is 22.9. The van der Waals surface area contributed by atoms with Crippen molar-refractivity contribution < 1.29 is 28.4 Å². The first-order valence-corrected chi connectivity index (χ1v) is 33.7. The third-order valence-corrected chi connectivity index (χ3v) is 20.9. The highest BCUT2D eigenvalue weighted by Gasteiger charge is 2.52. The molecule has 13 rings (SSSR count). The van der Waals surface area contributed by atoms with E-state index >= 15 is 0 Å². The van der Waals surface area contributed by atoms with E-state index in [9.17, 15) is 19.2 Å². The van der Waals surface area contributed by atoms with Crippen LogP contribution in [0.4, 0.5) is 0 Å². The van der Waals surface area contributed by atoms with Crippen LogP contribution < -0.4 is 26.1 Å². The summed E-state index contributed by atoms with van der Waals surface area (Å²) in [5.74, 6) is 2.00. The number of hydrogen-bond donors (Lipinski definition) is 2. The minimum atomic E-state index is -0.274. The number of Topliss-reactive ketones (excluding diaryl/α,β-unsaturated/α-hetero) is 2. The normalized spacial score (nSPS) is 19.5. The van der Waals surface area contributed by atoms with Crippen molar-refractivity contribution in [2.75, 3.05) is 26.2 Å². The third kappa shape index (κ3) is 14.6. The highest BCUT2D eigenvalue weighted by atomic mass is 79.9. The molecule has 4 aromatic carbocycles. The zero-order valence-corrected chi connectivity index (χ0v) is 55.2. The number of halogens is 1. The molecule has 466 valence electrons. The van der Waals surface area contributed by atoms with E-state index in [-0.39, 0.29) is 52.2 Å². The summed E-state index contributed by atoms with van der Waals surface area (Å²) in [5.41, 5.74) is 13.7. The molecule has 14 heteroatoms. The topological polar surface area (TPSA) is 143 Å². The number of carbonyl (C=O) groups is 2. The van der Waals surface area contributed by atoms with E-state index in [1.165, 1.54) is 102 Å². The van der Waals surface area contributed by atoms with Crippen molar-refractivity contribution in [2.45, 2.75) is 219 Å². The molecule has 0 amide bonds. The van der Waals surface area contributed by atoms with Gasteiger partial charge in [-0.25, -0.2) is 0 Å². The Morgan fingerprint density at radius 3 is 1.41 bits per heavy atom. The number of likely N-dealkylation sites (tertiary alicyclic amines) is 2. The predicted molar refractivity (Wildman–Crippen MR) is 356 cm³/mol. The van der Waals surface area contributed by atoms with Gasteiger partial charge >= 0.3 is 7.12 Å². The smallest absolute Gasteiger partial charge is 0.486 e. The predicted octanol–water partition coefficient (Wildman–Crippen LogP) is 14.5. The number of pyridine rings is 2. The molecule has 2 spiro atoms. The van der Waals surface area contributed by atoms with Gasteiger partial charge in [0.25, 0.3) is 11.1 Å². The molecule has 0 unspecified atom stereocenters. The number of aromatic amines is 2. The number of piperidine rings is 2.